The minimum atomic E-state index is -3.86. The highest BCUT2D eigenvalue weighted by Gasteiger charge is 2.26. The van der Waals surface area contributed by atoms with Crippen LogP contribution in [0.2, 0.25) is 0 Å². The fourth-order valence-corrected chi connectivity index (χ4v) is 4.65. The molecule has 0 bridgehead atoms. The first kappa shape index (κ1) is 22.4. The van der Waals surface area contributed by atoms with Crippen molar-refractivity contribution in [2.75, 3.05) is 19.0 Å². The average molecular weight is 439 g/mol. The van der Waals surface area contributed by atoms with Crippen molar-refractivity contribution in [2.45, 2.75) is 30.2 Å². The van der Waals surface area contributed by atoms with Crippen molar-refractivity contribution >= 4 is 21.4 Å². The minimum absolute atomic E-state index is 0.00712. The molecule has 0 aromatic heterocycles. The topological polar surface area (TPSA) is 84.5 Å². The van der Waals surface area contributed by atoms with Crippen LogP contribution >= 0.6 is 0 Å². The molecule has 7 heteroatoms. The van der Waals surface area contributed by atoms with Crippen LogP contribution in [0.4, 0.5) is 5.69 Å². The highest BCUT2D eigenvalue weighted by Crippen LogP contribution is 2.35. The van der Waals surface area contributed by atoms with Gasteiger partial charge in [-0.3, -0.25) is 4.79 Å². The Balaban J connectivity index is 1.78. The number of hydrogen-bond acceptors (Lipinski definition) is 5. The Kier molecular flexibility index (Phi) is 6.97. The van der Waals surface area contributed by atoms with Crippen LogP contribution in [0.3, 0.4) is 0 Å². The number of carbonyl (C=O) groups excluding carboxylic acids is 1. The molecule has 0 aliphatic rings. The summed E-state index contributed by atoms with van der Waals surface area (Å²) >= 11 is 0. The Morgan fingerprint density at radius 1 is 0.903 bits per heavy atom. The summed E-state index contributed by atoms with van der Waals surface area (Å²) in [4.78, 5) is 12.5. The number of amides is 1. The molecule has 2 N–H and O–H groups in total. The predicted molar refractivity (Wildman–Crippen MR) is 121 cm³/mol. The zero-order valence-corrected chi connectivity index (χ0v) is 18.6. The number of carbonyl (C=O) groups is 1. The van der Waals surface area contributed by atoms with Gasteiger partial charge in [-0.1, -0.05) is 53.6 Å². The smallest absolute Gasteiger partial charge is 0.239 e. The molecule has 0 heterocycles. The second kappa shape index (κ2) is 9.66. The van der Waals surface area contributed by atoms with E-state index in [1.165, 1.54) is 7.11 Å². The molecule has 6 nitrogen and oxygen atoms in total. The molecule has 0 fully saturated rings. The average Bonchev–Trinajstić information content (AvgIpc) is 2.77. The Morgan fingerprint density at radius 2 is 1.52 bits per heavy atom. The highest BCUT2D eigenvalue weighted by molar-refractivity contribution is 7.91. The lowest BCUT2D eigenvalue weighted by atomic mass is 10.1. The van der Waals surface area contributed by atoms with Gasteiger partial charge in [-0.25, -0.2) is 8.42 Å². The van der Waals surface area contributed by atoms with E-state index in [1.807, 2.05) is 38.1 Å². The molecule has 0 radical (unpaired) electrons. The van der Waals surface area contributed by atoms with Gasteiger partial charge in [-0.05, 0) is 43.7 Å². The molecule has 162 valence electrons. The van der Waals surface area contributed by atoms with Gasteiger partial charge in [0.2, 0.25) is 15.7 Å². The molecule has 0 aliphatic heterocycles. The molecule has 0 aliphatic carbocycles. The summed E-state index contributed by atoms with van der Waals surface area (Å²) < 4.78 is 31.9. The molecular formula is C24H26N2O4S. The maximum absolute atomic E-state index is 13.3. The Morgan fingerprint density at radius 3 is 2.13 bits per heavy atom. The summed E-state index contributed by atoms with van der Waals surface area (Å²) in [6.45, 7) is 4.22. The van der Waals surface area contributed by atoms with Crippen LogP contribution in [0.25, 0.3) is 0 Å². The third-order valence-corrected chi connectivity index (χ3v) is 6.70. The Bertz CT molecular complexity index is 1160. The van der Waals surface area contributed by atoms with Gasteiger partial charge in [-0.2, -0.15) is 0 Å². The van der Waals surface area contributed by atoms with Crippen molar-refractivity contribution in [3.63, 3.8) is 0 Å². The lowest BCUT2D eigenvalue weighted by Crippen LogP contribution is -2.29. The molecule has 0 saturated heterocycles. The van der Waals surface area contributed by atoms with Crippen LogP contribution in [-0.2, 0) is 21.2 Å². The molecule has 3 aromatic rings. The number of sulfone groups is 1. The number of hydrogen-bond donors (Lipinski definition) is 2. The van der Waals surface area contributed by atoms with E-state index < -0.39 is 9.84 Å². The van der Waals surface area contributed by atoms with Gasteiger partial charge in [0.05, 0.1) is 24.2 Å². The van der Waals surface area contributed by atoms with Crippen molar-refractivity contribution in [1.82, 2.24) is 5.32 Å². The number of methoxy groups -OCH3 is 1. The lowest BCUT2D eigenvalue weighted by molar-refractivity contribution is -0.119. The van der Waals surface area contributed by atoms with Crippen LogP contribution in [0.1, 0.15) is 16.7 Å². The van der Waals surface area contributed by atoms with Crippen molar-refractivity contribution in [2.24, 2.45) is 0 Å². The molecular weight excluding hydrogens is 412 g/mol. The van der Waals surface area contributed by atoms with Gasteiger partial charge in [0.25, 0.3) is 0 Å². The molecule has 0 unspecified atom stereocenters. The second-order valence-corrected chi connectivity index (χ2v) is 9.16. The summed E-state index contributed by atoms with van der Waals surface area (Å²) in [5.41, 5.74) is 3.41. The van der Waals surface area contributed by atoms with Crippen LogP contribution in [0.15, 0.2) is 76.5 Å². The number of ether oxygens (including phenoxy) is 1. The zero-order valence-electron chi connectivity index (χ0n) is 17.8. The molecule has 3 rings (SSSR count). The summed E-state index contributed by atoms with van der Waals surface area (Å²) in [6.07, 6.45) is 0. The first-order chi connectivity index (χ1) is 14.8. The van der Waals surface area contributed by atoms with E-state index in [0.29, 0.717) is 12.2 Å². The molecule has 0 atom stereocenters. The third kappa shape index (κ3) is 5.44. The van der Waals surface area contributed by atoms with Gasteiger partial charge in [0.15, 0.2) is 0 Å². The van der Waals surface area contributed by atoms with Crippen molar-refractivity contribution in [3.05, 3.63) is 83.4 Å². The zero-order chi connectivity index (χ0) is 22.4. The Hall–Kier alpha value is -3.32. The van der Waals surface area contributed by atoms with Crippen LogP contribution in [-0.4, -0.2) is 28.0 Å². The highest BCUT2D eigenvalue weighted by atomic mass is 32.2. The minimum Gasteiger partial charge on any atom is -0.495 e. The number of anilines is 1. The van der Waals surface area contributed by atoms with E-state index >= 15 is 0 Å². The maximum Gasteiger partial charge on any atom is 0.239 e. The summed E-state index contributed by atoms with van der Waals surface area (Å²) in [5, 5.41) is 5.78. The number of benzene rings is 3. The van der Waals surface area contributed by atoms with Gasteiger partial charge in [0.1, 0.15) is 10.6 Å². The van der Waals surface area contributed by atoms with Gasteiger partial charge in [-0.15, -0.1) is 0 Å². The quantitative estimate of drug-likeness (QED) is 0.558. The van der Waals surface area contributed by atoms with Crippen molar-refractivity contribution in [1.29, 1.82) is 0 Å². The van der Waals surface area contributed by atoms with Crippen molar-refractivity contribution < 1.29 is 17.9 Å². The molecule has 0 spiro atoms. The fourth-order valence-electron chi connectivity index (χ4n) is 3.07. The van der Waals surface area contributed by atoms with Crippen LogP contribution < -0.4 is 15.4 Å². The monoisotopic (exact) mass is 438 g/mol. The van der Waals surface area contributed by atoms with Gasteiger partial charge in [0, 0.05) is 6.54 Å². The number of aryl methyl sites for hydroxylation is 2. The summed E-state index contributed by atoms with van der Waals surface area (Å²) in [7, 11) is -2.44. The standard InChI is InChI=1S/C24H26N2O4S/c1-17-7-11-19(12-8-17)15-26-23(27)16-25-21-5-4-6-22(30-3)24(21)31(28,29)20-13-9-18(2)10-14-20/h4-14,25H,15-16H2,1-3H3,(H,26,27). The van der Waals surface area contributed by atoms with Gasteiger partial charge >= 0.3 is 0 Å². The fraction of sp³-hybridized carbons (Fsp3) is 0.208. The number of rotatable bonds is 8. The molecule has 3 aromatic carbocycles. The van der Waals surface area contributed by atoms with E-state index in [-0.39, 0.29) is 28.0 Å². The molecule has 31 heavy (non-hydrogen) atoms. The molecule has 1 amide bonds. The van der Waals surface area contributed by atoms with Gasteiger partial charge < -0.3 is 15.4 Å². The van der Waals surface area contributed by atoms with E-state index in [2.05, 4.69) is 10.6 Å². The van der Waals surface area contributed by atoms with Crippen LogP contribution in [0, 0.1) is 13.8 Å². The van der Waals surface area contributed by atoms with E-state index in [1.54, 1.807) is 42.5 Å². The summed E-state index contributed by atoms with van der Waals surface area (Å²) in [6, 6.07) is 19.4. The largest absolute Gasteiger partial charge is 0.495 e. The van der Waals surface area contributed by atoms with E-state index in [9.17, 15) is 13.2 Å². The first-order valence-corrected chi connectivity index (χ1v) is 11.3. The number of nitrogens with one attached hydrogen (secondary N) is 2. The third-order valence-electron chi connectivity index (χ3n) is 4.85. The maximum atomic E-state index is 13.3. The van der Waals surface area contributed by atoms with Crippen LogP contribution in [0.5, 0.6) is 5.75 Å². The normalized spacial score (nSPS) is 11.1. The second-order valence-electron chi connectivity index (χ2n) is 7.27. The SMILES string of the molecule is COc1cccc(NCC(=O)NCc2ccc(C)cc2)c1S(=O)(=O)c1ccc(C)cc1. The van der Waals surface area contributed by atoms with Crippen molar-refractivity contribution in [3.8, 4) is 5.75 Å². The lowest BCUT2D eigenvalue weighted by Gasteiger charge is -2.16. The van der Waals surface area contributed by atoms with E-state index in [0.717, 1.165) is 16.7 Å². The summed E-state index contributed by atoms with van der Waals surface area (Å²) in [5.74, 6) is -0.0345. The Labute approximate surface area is 183 Å². The van der Waals surface area contributed by atoms with E-state index in [4.69, 9.17) is 4.74 Å². The molecule has 0 saturated carbocycles. The predicted octanol–water partition coefficient (Wildman–Crippen LogP) is 3.87. The first-order valence-electron chi connectivity index (χ1n) is 9.86.